The van der Waals surface area contributed by atoms with Gasteiger partial charge < -0.3 is 10.1 Å². The van der Waals surface area contributed by atoms with E-state index in [2.05, 4.69) is 21.3 Å². The highest BCUT2D eigenvalue weighted by Crippen LogP contribution is 2.29. The van der Waals surface area contributed by atoms with Crippen molar-refractivity contribution in [1.82, 2.24) is 9.97 Å². The fourth-order valence-electron chi connectivity index (χ4n) is 3.55. The van der Waals surface area contributed by atoms with Gasteiger partial charge in [-0.2, -0.15) is 0 Å². The molecule has 6 nitrogen and oxygen atoms in total. The van der Waals surface area contributed by atoms with Gasteiger partial charge in [-0.1, -0.05) is 49.0 Å². The van der Waals surface area contributed by atoms with E-state index in [4.69, 9.17) is 0 Å². The van der Waals surface area contributed by atoms with Gasteiger partial charge in [0.1, 0.15) is 11.6 Å². The highest BCUT2D eigenvalue weighted by molar-refractivity contribution is 7.92. The molecule has 0 amide bonds. The summed E-state index contributed by atoms with van der Waals surface area (Å²) in [4.78, 5) is 8.05. The van der Waals surface area contributed by atoms with Crippen LogP contribution in [0.25, 0.3) is 27.9 Å². The van der Waals surface area contributed by atoms with E-state index in [9.17, 15) is 13.5 Å². The molecule has 0 aliphatic carbocycles. The molecule has 0 atom stereocenters. The van der Waals surface area contributed by atoms with E-state index in [0.717, 1.165) is 52.6 Å². The molecule has 4 aromatic rings. The Kier molecular flexibility index (Phi) is 5.52. The van der Waals surface area contributed by atoms with Crippen molar-refractivity contribution in [3.05, 3.63) is 90.3 Å². The molecular formula is C24H23N3O3S. The number of hydrogen-bond acceptors (Lipinski definition) is 4. The van der Waals surface area contributed by atoms with Crippen LogP contribution in [-0.2, 0) is 22.9 Å². The highest BCUT2D eigenvalue weighted by atomic mass is 32.2. The number of nitrogens with zero attached hydrogens (tertiary/aromatic N) is 1. The summed E-state index contributed by atoms with van der Waals surface area (Å²) in [6.07, 6.45) is 2.64. The maximum atomic E-state index is 11.3. The smallest absolute Gasteiger partial charge is 0.229 e. The number of sulfonamides is 1. The number of aromatic nitrogens is 2. The Morgan fingerprint density at radius 2 is 1.81 bits per heavy atom. The van der Waals surface area contributed by atoms with Gasteiger partial charge in [0.05, 0.1) is 17.3 Å². The molecule has 0 aliphatic rings. The van der Waals surface area contributed by atoms with Crippen LogP contribution in [0.15, 0.2) is 73.3 Å². The Morgan fingerprint density at radius 1 is 1.06 bits per heavy atom. The molecule has 1 aromatic heterocycles. The molecule has 7 heteroatoms. The van der Waals surface area contributed by atoms with Crippen molar-refractivity contribution in [1.29, 1.82) is 0 Å². The molecule has 3 aromatic carbocycles. The second-order valence-corrected chi connectivity index (χ2v) is 9.23. The van der Waals surface area contributed by atoms with Crippen molar-refractivity contribution in [2.75, 3.05) is 11.0 Å². The van der Waals surface area contributed by atoms with Crippen LogP contribution in [-0.4, -0.2) is 29.7 Å². The van der Waals surface area contributed by atoms with Crippen molar-refractivity contribution in [3.8, 4) is 11.1 Å². The molecule has 0 unspecified atom stereocenters. The van der Waals surface area contributed by atoms with Gasteiger partial charge in [-0.05, 0) is 47.4 Å². The lowest BCUT2D eigenvalue weighted by Gasteiger charge is -2.08. The molecule has 1 heterocycles. The van der Waals surface area contributed by atoms with E-state index < -0.39 is 10.0 Å². The Labute approximate surface area is 181 Å². The van der Waals surface area contributed by atoms with Crippen LogP contribution in [0.5, 0.6) is 0 Å². The van der Waals surface area contributed by atoms with Crippen LogP contribution in [0.4, 0.5) is 5.69 Å². The topological polar surface area (TPSA) is 95.1 Å². The average molecular weight is 434 g/mol. The average Bonchev–Trinajstić information content (AvgIpc) is 3.14. The number of imidazole rings is 1. The van der Waals surface area contributed by atoms with Crippen molar-refractivity contribution in [2.45, 2.75) is 12.8 Å². The number of aliphatic hydroxyl groups is 1. The SMILES string of the molecule is C=C(O)c1ccccc1-c1ccc2nc(CCc3ccc(NS(C)(=O)=O)cc3)[nH]c2c1. The number of anilines is 1. The summed E-state index contributed by atoms with van der Waals surface area (Å²) in [5, 5.41) is 9.89. The zero-order valence-corrected chi connectivity index (χ0v) is 17.9. The Morgan fingerprint density at radius 3 is 2.52 bits per heavy atom. The zero-order chi connectivity index (χ0) is 22.0. The van der Waals surface area contributed by atoms with E-state index in [1.807, 2.05) is 54.6 Å². The number of benzene rings is 3. The van der Waals surface area contributed by atoms with Gasteiger partial charge in [0.2, 0.25) is 10.0 Å². The highest BCUT2D eigenvalue weighted by Gasteiger charge is 2.10. The molecule has 0 saturated carbocycles. The summed E-state index contributed by atoms with van der Waals surface area (Å²) in [6.45, 7) is 3.66. The molecule has 0 radical (unpaired) electrons. The second kappa shape index (κ2) is 8.28. The molecule has 0 spiro atoms. The lowest BCUT2D eigenvalue weighted by atomic mass is 9.98. The molecular weight excluding hydrogens is 410 g/mol. The Hall–Kier alpha value is -3.58. The van der Waals surface area contributed by atoms with Crippen molar-refractivity contribution >= 4 is 32.5 Å². The van der Waals surface area contributed by atoms with Crippen LogP contribution in [0, 0.1) is 0 Å². The third-order valence-corrected chi connectivity index (χ3v) is 5.59. The van der Waals surface area contributed by atoms with Crippen molar-refractivity contribution in [2.24, 2.45) is 0 Å². The number of hydrogen-bond donors (Lipinski definition) is 3. The first-order valence-corrected chi connectivity index (χ1v) is 11.7. The molecule has 0 fully saturated rings. The molecule has 3 N–H and O–H groups in total. The van der Waals surface area contributed by atoms with Crippen LogP contribution in [0.2, 0.25) is 0 Å². The largest absolute Gasteiger partial charge is 0.508 e. The van der Waals surface area contributed by atoms with Gasteiger partial charge in [0.25, 0.3) is 0 Å². The van der Waals surface area contributed by atoms with Gasteiger partial charge in [-0.3, -0.25) is 4.72 Å². The molecule has 0 aliphatic heterocycles. The molecule has 0 bridgehead atoms. The summed E-state index contributed by atoms with van der Waals surface area (Å²) in [6, 6.07) is 20.9. The van der Waals surface area contributed by atoms with E-state index in [0.29, 0.717) is 11.3 Å². The fourth-order valence-corrected chi connectivity index (χ4v) is 4.12. The lowest BCUT2D eigenvalue weighted by Crippen LogP contribution is -2.09. The first-order chi connectivity index (χ1) is 14.8. The van der Waals surface area contributed by atoms with E-state index in [1.165, 1.54) is 0 Å². The van der Waals surface area contributed by atoms with E-state index in [-0.39, 0.29) is 5.76 Å². The molecule has 31 heavy (non-hydrogen) atoms. The minimum atomic E-state index is -3.28. The van der Waals surface area contributed by atoms with Gasteiger partial charge in [0, 0.05) is 17.7 Å². The summed E-state index contributed by atoms with van der Waals surface area (Å²) in [7, 11) is -3.28. The summed E-state index contributed by atoms with van der Waals surface area (Å²) in [5.41, 5.74) is 6.04. The predicted molar refractivity (Wildman–Crippen MR) is 126 cm³/mol. The second-order valence-electron chi connectivity index (χ2n) is 7.48. The molecule has 0 saturated heterocycles. The van der Waals surface area contributed by atoms with Crippen LogP contribution < -0.4 is 4.72 Å². The third kappa shape index (κ3) is 4.95. The molecule has 4 rings (SSSR count). The van der Waals surface area contributed by atoms with Gasteiger partial charge in [-0.15, -0.1) is 0 Å². The predicted octanol–water partition coefficient (Wildman–Crippen LogP) is 4.92. The number of fused-ring (bicyclic) bond motifs is 1. The summed E-state index contributed by atoms with van der Waals surface area (Å²) < 4.78 is 25.1. The zero-order valence-electron chi connectivity index (χ0n) is 17.1. The minimum absolute atomic E-state index is 0.0405. The Balaban J connectivity index is 1.51. The maximum absolute atomic E-state index is 11.3. The first kappa shape index (κ1) is 20.7. The maximum Gasteiger partial charge on any atom is 0.229 e. The number of H-pyrrole nitrogens is 1. The third-order valence-electron chi connectivity index (χ3n) is 4.99. The fraction of sp³-hybridized carbons (Fsp3) is 0.125. The van der Waals surface area contributed by atoms with Gasteiger partial charge in [-0.25, -0.2) is 13.4 Å². The van der Waals surface area contributed by atoms with Crippen LogP contribution >= 0.6 is 0 Å². The minimum Gasteiger partial charge on any atom is -0.508 e. The number of aliphatic hydroxyl groups excluding tert-OH is 1. The number of aryl methyl sites for hydroxylation is 2. The van der Waals surface area contributed by atoms with Gasteiger partial charge in [0.15, 0.2) is 0 Å². The Bertz CT molecular complexity index is 1360. The summed E-state index contributed by atoms with van der Waals surface area (Å²) >= 11 is 0. The van der Waals surface area contributed by atoms with Crippen LogP contribution in [0.1, 0.15) is 17.0 Å². The van der Waals surface area contributed by atoms with Crippen LogP contribution in [0.3, 0.4) is 0 Å². The number of rotatable bonds is 7. The lowest BCUT2D eigenvalue weighted by molar-refractivity contribution is 0.514. The first-order valence-electron chi connectivity index (χ1n) is 9.81. The number of aromatic amines is 1. The van der Waals surface area contributed by atoms with E-state index >= 15 is 0 Å². The monoisotopic (exact) mass is 433 g/mol. The standard InChI is InChI=1S/C24H23N3O3S/c1-16(28)20-5-3-4-6-21(20)18-10-13-22-23(15-18)26-24(25-22)14-9-17-7-11-19(12-8-17)27-31(2,29)30/h3-8,10-13,15,27-28H,1,9,14H2,2H3,(H,25,26). The van der Waals surface area contributed by atoms with Gasteiger partial charge >= 0.3 is 0 Å². The van der Waals surface area contributed by atoms with E-state index in [1.54, 1.807) is 12.1 Å². The summed E-state index contributed by atoms with van der Waals surface area (Å²) in [5.74, 6) is 0.920. The number of nitrogens with one attached hydrogen (secondary N) is 2. The normalized spacial score (nSPS) is 11.5. The quantitative estimate of drug-likeness (QED) is 0.361. The van der Waals surface area contributed by atoms with Crippen molar-refractivity contribution < 1.29 is 13.5 Å². The molecule has 158 valence electrons. The van der Waals surface area contributed by atoms with Crippen molar-refractivity contribution in [3.63, 3.8) is 0 Å².